The molecular weight excluding hydrogens is 204 g/mol. The summed E-state index contributed by atoms with van der Waals surface area (Å²) in [6.07, 6.45) is 2.69. The molecule has 1 atom stereocenters. The standard InChI is InChI=1S/C11H18N4O/c1-8-10(12-7-13-11(8)16-3)14-9-4-5-15(2)6-9/h7,9H,4-6H2,1-3H3,(H,12,13,14). The van der Waals surface area contributed by atoms with Crippen molar-refractivity contribution in [1.29, 1.82) is 0 Å². The lowest BCUT2D eigenvalue weighted by molar-refractivity contribution is 0.393. The molecule has 2 rings (SSSR count). The van der Waals surface area contributed by atoms with Crippen molar-refractivity contribution in [1.82, 2.24) is 14.9 Å². The van der Waals surface area contributed by atoms with E-state index in [0.29, 0.717) is 11.9 Å². The van der Waals surface area contributed by atoms with Crippen LogP contribution in [0.1, 0.15) is 12.0 Å². The van der Waals surface area contributed by atoms with Crippen molar-refractivity contribution >= 4 is 5.82 Å². The van der Waals surface area contributed by atoms with Crippen molar-refractivity contribution in [2.24, 2.45) is 0 Å². The minimum Gasteiger partial charge on any atom is -0.481 e. The third kappa shape index (κ3) is 2.24. The number of likely N-dealkylation sites (N-methyl/N-ethyl adjacent to an activating group) is 1. The van der Waals surface area contributed by atoms with E-state index in [0.717, 1.165) is 30.9 Å². The first-order chi connectivity index (χ1) is 7.70. The van der Waals surface area contributed by atoms with Crippen LogP contribution in [0.15, 0.2) is 6.33 Å². The molecule has 16 heavy (non-hydrogen) atoms. The van der Waals surface area contributed by atoms with Crippen LogP contribution in [-0.4, -0.2) is 48.2 Å². The van der Waals surface area contributed by atoms with Crippen LogP contribution in [0.3, 0.4) is 0 Å². The topological polar surface area (TPSA) is 50.3 Å². The lowest BCUT2D eigenvalue weighted by Crippen LogP contribution is -2.24. The molecule has 0 amide bonds. The summed E-state index contributed by atoms with van der Waals surface area (Å²) in [5.41, 5.74) is 0.972. The van der Waals surface area contributed by atoms with Gasteiger partial charge in [0, 0.05) is 12.6 Å². The van der Waals surface area contributed by atoms with E-state index in [1.54, 1.807) is 7.11 Å². The Balaban J connectivity index is 2.09. The molecule has 1 aliphatic heterocycles. The van der Waals surface area contributed by atoms with E-state index < -0.39 is 0 Å². The average molecular weight is 222 g/mol. The number of ether oxygens (including phenoxy) is 1. The minimum atomic E-state index is 0.475. The lowest BCUT2D eigenvalue weighted by Gasteiger charge is -2.15. The molecule has 1 aromatic rings. The summed E-state index contributed by atoms with van der Waals surface area (Å²) in [4.78, 5) is 10.6. The SMILES string of the molecule is COc1ncnc(NC2CCN(C)C2)c1C. The van der Waals surface area contributed by atoms with E-state index >= 15 is 0 Å². The van der Waals surface area contributed by atoms with Gasteiger partial charge < -0.3 is 15.0 Å². The number of aromatic nitrogens is 2. The van der Waals surface area contributed by atoms with E-state index in [2.05, 4.69) is 27.2 Å². The fourth-order valence-corrected chi connectivity index (χ4v) is 2.03. The number of nitrogens with zero attached hydrogens (tertiary/aromatic N) is 3. The van der Waals surface area contributed by atoms with Crippen molar-refractivity contribution in [3.05, 3.63) is 11.9 Å². The van der Waals surface area contributed by atoms with Crippen LogP contribution in [0, 0.1) is 6.92 Å². The van der Waals surface area contributed by atoms with Gasteiger partial charge in [0.2, 0.25) is 5.88 Å². The fourth-order valence-electron chi connectivity index (χ4n) is 2.03. The Hall–Kier alpha value is -1.36. The van der Waals surface area contributed by atoms with E-state index in [-0.39, 0.29) is 0 Å². The highest BCUT2D eigenvalue weighted by Gasteiger charge is 2.20. The van der Waals surface area contributed by atoms with Gasteiger partial charge in [-0.05, 0) is 26.9 Å². The first kappa shape index (κ1) is 11.1. The number of rotatable bonds is 3. The summed E-state index contributed by atoms with van der Waals surface area (Å²) in [6.45, 7) is 4.17. The molecule has 0 aliphatic carbocycles. The van der Waals surface area contributed by atoms with Crippen LogP contribution in [0.25, 0.3) is 0 Å². The van der Waals surface area contributed by atoms with Gasteiger partial charge in [-0.25, -0.2) is 9.97 Å². The Morgan fingerprint density at radius 2 is 2.31 bits per heavy atom. The van der Waals surface area contributed by atoms with Gasteiger partial charge in [0.05, 0.1) is 12.7 Å². The van der Waals surface area contributed by atoms with Crippen LogP contribution in [-0.2, 0) is 0 Å². The summed E-state index contributed by atoms with van der Waals surface area (Å²) in [5, 5.41) is 3.44. The molecule has 1 aliphatic rings. The van der Waals surface area contributed by atoms with Gasteiger partial charge in [0.15, 0.2) is 0 Å². The largest absolute Gasteiger partial charge is 0.481 e. The molecule has 0 spiro atoms. The fraction of sp³-hybridized carbons (Fsp3) is 0.636. The Morgan fingerprint density at radius 1 is 1.50 bits per heavy atom. The van der Waals surface area contributed by atoms with Crippen molar-refractivity contribution in [3.8, 4) is 5.88 Å². The molecular formula is C11H18N4O. The van der Waals surface area contributed by atoms with E-state index in [1.807, 2.05) is 6.92 Å². The van der Waals surface area contributed by atoms with E-state index in [4.69, 9.17) is 4.74 Å². The summed E-state index contributed by atoms with van der Waals surface area (Å²) >= 11 is 0. The zero-order valence-electron chi connectivity index (χ0n) is 10.0. The minimum absolute atomic E-state index is 0.475. The van der Waals surface area contributed by atoms with Crippen molar-refractivity contribution in [2.75, 3.05) is 32.6 Å². The highest BCUT2D eigenvalue weighted by atomic mass is 16.5. The van der Waals surface area contributed by atoms with Gasteiger partial charge >= 0.3 is 0 Å². The maximum Gasteiger partial charge on any atom is 0.221 e. The smallest absolute Gasteiger partial charge is 0.221 e. The molecule has 2 heterocycles. The second-order valence-electron chi connectivity index (χ2n) is 4.25. The van der Waals surface area contributed by atoms with Crippen molar-refractivity contribution in [2.45, 2.75) is 19.4 Å². The van der Waals surface area contributed by atoms with Gasteiger partial charge in [-0.1, -0.05) is 0 Å². The highest BCUT2D eigenvalue weighted by Crippen LogP contribution is 2.22. The Kier molecular flexibility index (Phi) is 3.24. The molecule has 0 aromatic carbocycles. The second-order valence-corrected chi connectivity index (χ2v) is 4.25. The van der Waals surface area contributed by atoms with Gasteiger partial charge in [0.1, 0.15) is 12.1 Å². The number of nitrogens with one attached hydrogen (secondary N) is 1. The summed E-state index contributed by atoms with van der Waals surface area (Å²) < 4.78 is 5.17. The predicted octanol–water partition coefficient (Wildman–Crippen LogP) is 0.910. The molecule has 1 N–H and O–H groups in total. The number of anilines is 1. The monoisotopic (exact) mass is 222 g/mol. The van der Waals surface area contributed by atoms with Crippen LogP contribution in [0.4, 0.5) is 5.82 Å². The molecule has 1 saturated heterocycles. The molecule has 1 fully saturated rings. The van der Waals surface area contributed by atoms with Crippen LogP contribution >= 0.6 is 0 Å². The number of likely N-dealkylation sites (tertiary alicyclic amines) is 1. The first-order valence-electron chi connectivity index (χ1n) is 5.51. The molecule has 0 radical (unpaired) electrons. The van der Waals surface area contributed by atoms with Gasteiger partial charge in [-0.3, -0.25) is 0 Å². The van der Waals surface area contributed by atoms with Crippen molar-refractivity contribution < 1.29 is 4.74 Å². The summed E-state index contributed by atoms with van der Waals surface area (Å²) in [6, 6.07) is 0.475. The number of hydrogen-bond acceptors (Lipinski definition) is 5. The quantitative estimate of drug-likeness (QED) is 0.823. The van der Waals surface area contributed by atoms with Crippen LogP contribution in [0.5, 0.6) is 5.88 Å². The zero-order valence-corrected chi connectivity index (χ0v) is 10.0. The van der Waals surface area contributed by atoms with Crippen molar-refractivity contribution in [3.63, 3.8) is 0 Å². The zero-order chi connectivity index (χ0) is 11.5. The molecule has 0 saturated carbocycles. The van der Waals surface area contributed by atoms with E-state index in [9.17, 15) is 0 Å². The lowest BCUT2D eigenvalue weighted by atomic mass is 10.2. The number of hydrogen-bond donors (Lipinski definition) is 1. The molecule has 0 bridgehead atoms. The Morgan fingerprint density at radius 3 is 2.94 bits per heavy atom. The van der Waals surface area contributed by atoms with Gasteiger partial charge in [-0.15, -0.1) is 0 Å². The Bertz CT molecular complexity index is 369. The summed E-state index contributed by atoms with van der Waals surface area (Å²) in [5.74, 6) is 1.52. The maximum atomic E-state index is 5.17. The van der Waals surface area contributed by atoms with Gasteiger partial charge in [0.25, 0.3) is 0 Å². The van der Waals surface area contributed by atoms with Crippen LogP contribution < -0.4 is 10.1 Å². The molecule has 5 nitrogen and oxygen atoms in total. The predicted molar refractivity (Wildman–Crippen MR) is 62.8 cm³/mol. The van der Waals surface area contributed by atoms with Crippen LogP contribution in [0.2, 0.25) is 0 Å². The molecule has 1 unspecified atom stereocenters. The normalized spacial score (nSPS) is 21.1. The van der Waals surface area contributed by atoms with Gasteiger partial charge in [-0.2, -0.15) is 0 Å². The summed E-state index contributed by atoms with van der Waals surface area (Å²) in [7, 11) is 3.76. The highest BCUT2D eigenvalue weighted by molar-refractivity contribution is 5.48. The Labute approximate surface area is 95.8 Å². The average Bonchev–Trinajstić information content (AvgIpc) is 2.67. The molecule has 88 valence electrons. The van der Waals surface area contributed by atoms with E-state index in [1.165, 1.54) is 6.33 Å². The first-order valence-corrected chi connectivity index (χ1v) is 5.51. The number of methoxy groups -OCH3 is 1. The third-order valence-corrected chi connectivity index (χ3v) is 2.96. The second kappa shape index (κ2) is 4.65. The third-order valence-electron chi connectivity index (χ3n) is 2.96. The maximum absolute atomic E-state index is 5.17. The molecule has 1 aromatic heterocycles. The molecule has 5 heteroatoms.